The topological polar surface area (TPSA) is 99.5 Å². The van der Waals surface area contributed by atoms with Gasteiger partial charge in [0.2, 0.25) is 0 Å². The highest BCUT2D eigenvalue weighted by Crippen LogP contribution is 2.29. The Bertz CT molecular complexity index is 1200. The van der Waals surface area contributed by atoms with Gasteiger partial charge in [-0.2, -0.15) is 10.2 Å². The van der Waals surface area contributed by atoms with Gasteiger partial charge in [-0.3, -0.25) is 9.36 Å². The number of rotatable bonds is 8. The summed E-state index contributed by atoms with van der Waals surface area (Å²) in [7, 11) is 3.80. The molecule has 0 fully saturated rings. The zero-order chi connectivity index (χ0) is 21.8. The summed E-state index contributed by atoms with van der Waals surface area (Å²) in [6, 6.07) is 8.16. The third kappa shape index (κ3) is 4.70. The summed E-state index contributed by atoms with van der Waals surface area (Å²) in [4.78, 5) is 9.50. The van der Waals surface area contributed by atoms with Gasteiger partial charge >= 0.3 is 0 Å². The molecule has 0 aliphatic rings. The van der Waals surface area contributed by atoms with Crippen LogP contribution in [0.25, 0.3) is 33.6 Å². The van der Waals surface area contributed by atoms with E-state index >= 15 is 0 Å². The van der Waals surface area contributed by atoms with Crippen LogP contribution in [0, 0.1) is 0 Å². The molecule has 0 aliphatic carbocycles. The molecule has 3 aromatic heterocycles. The van der Waals surface area contributed by atoms with Crippen molar-refractivity contribution in [2.75, 3.05) is 18.4 Å². The highest BCUT2D eigenvalue weighted by Gasteiger charge is 2.13. The van der Waals surface area contributed by atoms with E-state index in [0.29, 0.717) is 18.9 Å². The molecule has 3 N–H and O–H groups in total. The van der Waals surface area contributed by atoms with Crippen molar-refractivity contribution < 1.29 is 0 Å². The average molecular weight is 415 g/mol. The Morgan fingerprint density at radius 2 is 1.71 bits per heavy atom. The Kier molecular flexibility index (Phi) is 5.90. The monoisotopic (exact) mass is 414 g/mol. The first-order chi connectivity index (χ1) is 15.0. The zero-order valence-corrected chi connectivity index (χ0v) is 17.8. The number of aryl methyl sites for hydroxylation is 2. The van der Waals surface area contributed by atoms with Crippen LogP contribution in [0.3, 0.4) is 0 Å². The van der Waals surface area contributed by atoms with E-state index in [9.17, 15) is 0 Å². The van der Waals surface area contributed by atoms with Gasteiger partial charge < -0.3 is 11.1 Å². The van der Waals surface area contributed by atoms with Crippen LogP contribution in [0.5, 0.6) is 0 Å². The maximum Gasteiger partial charge on any atom is 0.161 e. The fraction of sp³-hybridized carbons (Fsp3) is 0.217. The third-order valence-electron chi connectivity index (χ3n) is 5.02. The van der Waals surface area contributed by atoms with E-state index in [1.165, 1.54) is 0 Å². The molecular formula is C23H26N8. The molecule has 0 radical (unpaired) electrons. The molecule has 0 atom stereocenters. The Morgan fingerprint density at radius 3 is 2.39 bits per heavy atom. The second-order valence-electron chi connectivity index (χ2n) is 7.47. The van der Waals surface area contributed by atoms with E-state index in [2.05, 4.69) is 39.2 Å². The van der Waals surface area contributed by atoms with Crippen LogP contribution in [-0.2, 0) is 14.1 Å². The summed E-state index contributed by atoms with van der Waals surface area (Å²) in [6.07, 6.45) is 10.2. The number of hydrogen-bond donors (Lipinski definition) is 2. The van der Waals surface area contributed by atoms with Crippen LogP contribution in [0.15, 0.2) is 67.4 Å². The van der Waals surface area contributed by atoms with Crippen molar-refractivity contribution in [3.63, 3.8) is 0 Å². The first-order valence-electron chi connectivity index (χ1n) is 10.1. The lowest BCUT2D eigenvalue weighted by Crippen LogP contribution is -2.10. The number of nitrogens with zero attached hydrogens (tertiary/aromatic N) is 6. The Hall–Kier alpha value is -3.78. The average Bonchev–Trinajstić information content (AvgIpc) is 3.42. The molecule has 0 amide bonds. The lowest BCUT2D eigenvalue weighted by atomic mass is 10.1. The van der Waals surface area contributed by atoms with Crippen molar-refractivity contribution in [2.45, 2.75) is 6.42 Å². The second kappa shape index (κ2) is 8.93. The van der Waals surface area contributed by atoms with Crippen molar-refractivity contribution in [3.8, 4) is 33.6 Å². The maximum atomic E-state index is 5.67. The molecule has 0 saturated carbocycles. The molecule has 0 saturated heterocycles. The minimum absolute atomic E-state index is 0.479. The smallest absolute Gasteiger partial charge is 0.161 e. The Balaban J connectivity index is 1.68. The summed E-state index contributed by atoms with van der Waals surface area (Å²) < 4.78 is 3.55. The maximum absolute atomic E-state index is 5.67. The van der Waals surface area contributed by atoms with Gasteiger partial charge in [-0.05, 0) is 18.1 Å². The summed E-state index contributed by atoms with van der Waals surface area (Å²) in [6.45, 7) is 5.15. The molecule has 3 heterocycles. The van der Waals surface area contributed by atoms with Gasteiger partial charge in [-0.1, -0.05) is 30.4 Å². The lowest BCUT2D eigenvalue weighted by Gasteiger charge is -2.12. The number of nitrogens with one attached hydrogen (secondary N) is 1. The molecule has 8 heteroatoms. The van der Waals surface area contributed by atoms with E-state index < -0.39 is 0 Å². The van der Waals surface area contributed by atoms with Crippen LogP contribution in [-0.4, -0.2) is 42.6 Å². The molecule has 0 bridgehead atoms. The van der Waals surface area contributed by atoms with E-state index in [1.54, 1.807) is 9.36 Å². The molecule has 1 aromatic carbocycles. The van der Waals surface area contributed by atoms with Gasteiger partial charge in [0, 0.05) is 68.0 Å². The SMILES string of the molecule is C=C(CN)CCNc1nc(-c2cccc(-c3cnn(C)c3)c2)ncc1-c1cnn(C)c1. The fourth-order valence-corrected chi connectivity index (χ4v) is 3.30. The third-order valence-corrected chi connectivity index (χ3v) is 5.02. The normalized spacial score (nSPS) is 10.9. The fourth-order valence-electron chi connectivity index (χ4n) is 3.30. The standard InChI is InChI=1S/C23H26N8/c1-16(10-24)7-8-25-23-21(20-12-28-31(3)15-20)13-26-22(29-23)18-6-4-5-17(9-18)19-11-27-30(2)14-19/h4-6,9,11-15H,1,7-8,10,24H2,2-3H3,(H,25,26,29). The summed E-state index contributed by atoms with van der Waals surface area (Å²) in [5, 5.41) is 12.0. The van der Waals surface area contributed by atoms with Gasteiger partial charge in [0.25, 0.3) is 0 Å². The quantitative estimate of drug-likeness (QED) is 0.429. The van der Waals surface area contributed by atoms with Gasteiger partial charge in [-0.15, -0.1) is 0 Å². The summed E-state index contributed by atoms with van der Waals surface area (Å²) >= 11 is 0. The molecular weight excluding hydrogens is 388 g/mol. The Morgan fingerprint density at radius 1 is 1.00 bits per heavy atom. The van der Waals surface area contributed by atoms with Crippen LogP contribution in [0.4, 0.5) is 5.82 Å². The first kappa shape index (κ1) is 20.5. The minimum atomic E-state index is 0.479. The first-order valence-corrected chi connectivity index (χ1v) is 10.1. The van der Waals surface area contributed by atoms with Gasteiger partial charge in [0.05, 0.1) is 12.4 Å². The number of anilines is 1. The van der Waals surface area contributed by atoms with Crippen molar-refractivity contribution >= 4 is 5.82 Å². The van der Waals surface area contributed by atoms with E-state index in [1.807, 2.05) is 57.2 Å². The molecule has 31 heavy (non-hydrogen) atoms. The minimum Gasteiger partial charge on any atom is -0.369 e. The van der Waals surface area contributed by atoms with Crippen LogP contribution in [0.1, 0.15) is 6.42 Å². The Labute approximate surface area is 181 Å². The summed E-state index contributed by atoms with van der Waals surface area (Å²) in [5.74, 6) is 1.41. The second-order valence-corrected chi connectivity index (χ2v) is 7.47. The predicted octanol–water partition coefficient (Wildman–Crippen LogP) is 3.26. The van der Waals surface area contributed by atoms with E-state index in [4.69, 9.17) is 10.7 Å². The van der Waals surface area contributed by atoms with Crippen LogP contribution in [0.2, 0.25) is 0 Å². The molecule has 0 aliphatic heterocycles. The molecule has 4 aromatic rings. The zero-order valence-electron chi connectivity index (χ0n) is 17.8. The molecule has 4 rings (SSSR count). The van der Waals surface area contributed by atoms with Crippen molar-refractivity contribution in [1.29, 1.82) is 0 Å². The van der Waals surface area contributed by atoms with Gasteiger partial charge in [0.1, 0.15) is 5.82 Å². The predicted molar refractivity (Wildman–Crippen MR) is 123 cm³/mol. The van der Waals surface area contributed by atoms with Gasteiger partial charge in [0.15, 0.2) is 5.82 Å². The number of aromatic nitrogens is 6. The largest absolute Gasteiger partial charge is 0.369 e. The lowest BCUT2D eigenvalue weighted by molar-refractivity contribution is 0.768. The number of nitrogens with two attached hydrogens (primary N) is 1. The van der Waals surface area contributed by atoms with E-state index in [0.717, 1.165) is 45.6 Å². The van der Waals surface area contributed by atoms with Crippen LogP contribution >= 0.6 is 0 Å². The molecule has 8 nitrogen and oxygen atoms in total. The van der Waals surface area contributed by atoms with Crippen molar-refractivity contribution in [2.24, 2.45) is 19.8 Å². The number of hydrogen-bond acceptors (Lipinski definition) is 6. The van der Waals surface area contributed by atoms with Crippen molar-refractivity contribution in [1.82, 2.24) is 29.5 Å². The molecule has 158 valence electrons. The van der Waals surface area contributed by atoms with Gasteiger partial charge in [-0.25, -0.2) is 9.97 Å². The highest BCUT2D eigenvalue weighted by atomic mass is 15.2. The highest BCUT2D eigenvalue weighted by molar-refractivity contribution is 5.76. The van der Waals surface area contributed by atoms with Crippen LogP contribution < -0.4 is 11.1 Å². The number of benzene rings is 1. The molecule has 0 spiro atoms. The van der Waals surface area contributed by atoms with E-state index in [-0.39, 0.29) is 0 Å². The summed E-state index contributed by atoms with van der Waals surface area (Å²) in [5.41, 5.74) is 11.6. The van der Waals surface area contributed by atoms with Crippen molar-refractivity contribution in [3.05, 3.63) is 67.4 Å². The molecule has 0 unspecified atom stereocenters.